The Balaban J connectivity index is 2.16. The van der Waals surface area contributed by atoms with Crippen molar-refractivity contribution in [1.82, 2.24) is 9.97 Å². The number of benzene rings is 1. The molecule has 0 amide bonds. The van der Waals surface area contributed by atoms with Crippen LogP contribution in [0.25, 0.3) is 0 Å². The first-order valence-corrected chi connectivity index (χ1v) is 6.49. The SMILES string of the molecule is ClCc1ccc(Nc2ncc(Br)c(Cl)n2)cc1. The van der Waals surface area contributed by atoms with Gasteiger partial charge in [0.2, 0.25) is 5.95 Å². The molecule has 1 aromatic heterocycles. The minimum atomic E-state index is 0.375. The Kier molecular flexibility index (Phi) is 4.20. The molecule has 0 unspecified atom stereocenters. The van der Waals surface area contributed by atoms with E-state index in [-0.39, 0.29) is 0 Å². The lowest BCUT2D eigenvalue weighted by Crippen LogP contribution is -1.97. The van der Waals surface area contributed by atoms with Crippen LogP contribution in [0.1, 0.15) is 5.56 Å². The van der Waals surface area contributed by atoms with Gasteiger partial charge in [0, 0.05) is 17.8 Å². The molecule has 0 saturated heterocycles. The Morgan fingerprint density at radius 1 is 1.24 bits per heavy atom. The number of anilines is 2. The summed E-state index contributed by atoms with van der Waals surface area (Å²) < 4.78 is 0.669. The number of rotatable bonds is 3. The van der Waals surface area contributed by atoms with Crippen molar-refractivity contribution in [2.75, 3.05) is 5.32 Å². The molecule has 3 nitrogen and oxygen atoms in total. The average Bonchev–Trinajstić information content (AvgIpc) is 2.35. The second kappa shape index (κ2) is 5.67. The number of nitrogens with one attached hydrogen (secondary N) is 1. The van der Waals surface area contributed by atoms with E-state index in [0.717, 1.165) is 11.3 Å². The van der Waals surface area contributed by atoms with Crippen LogP contribution in [0, 0.1) is 0 Å². The van der Waals surface area contributed by atoms with Gasteiger partial charge >= 0.3 is 0 Å². The molecule has 1 N–H and O–H groups in total. The molecule has 0 bridgehead atoms. The van der Waals surface area contributed by atoms with Gasteiger partial charge < -0.3 is 5.32 Å². The predicted octanol–water partition coefficient (Wildman–Crippen LogP) is 4.37. The van der Waals surface area contributed by atoms with Gasteiger partial charge in [0.15, 0.2) is 0 Å². The van der Waals surface area contributed by atoms with E-state index in [9.17, 15) is 0 Å². The molecule has 0 aliphatic rings. The third-order valence-electron chi connectivity index (χ3n) is 2.07. The Labute approximate surface area is 117 Å². The van der Waals surface area contributed by atoms with Crippen LogP contribution in [0.3, 0.4) is 0 Å². The zero-order chi connectivity index (χ0) is 12.3. The first-order valence-electron chi connectivity index (χ1n) is 4.79. The fourth-order valence-electron chi connectivity index (χ4n) is 1.21. The topological polar surface area (TPSA) is 37.8 Å². The summed E-state index contributed by atoms with van der Waals surface area (Å²) in [5, 5.41) is 3.43. The van der Waals surface area contributed by atoms with Crippen LogP contribution >= 0.6 is 39.1 Å². The van der Waals surface area contributed by atoms with Crippen LogP contribution in [0.5, 0.6) is 0 Å². The second-order valence-electron chi connectivity index (χ2n) is 3.29. The molecule has 6 heteroatoms. The van der Waals surface area contributed by atoms with E-state index in [1.165, 1.54) is 0 Å². The van der Waals surface area contributed by atoms with Crippen molar-refractivity contribution < 1.29 is 0 Å². The zero-order valence-electron chi connectivity index (χ0n) is 8.62. The molecule has 2 aromatic rings. The predicted molar refractivity (Wildman–Crippen MR) is 74.0 cm³/mol. The third-order valence-corrected chi connectivity index (χ3v) is 3.47. The molecule has 0 atom stereocenters. The number of nitrogens with zero attached hydrogens (tertiary/aromatic N) is 2. The maximum atomic E-state index is 5.87. The lowest BCUT2D eigenvalue weighted by Gasteiger charge is -2.05. The summed E-state index contributed by atoms with van der Waals surface area (Å²) in [5.74, 6) is 0.956. The standard InChI is InChI=1S/C11H8BrCl2N3/c12-9-6-15-11(17-10(9)14)16-8-3-1-7(5-13)2-4-8/h1-4,6H,5H2,(H,15,16,17). The summed E-state index contributed by atoms with van der Waals surface area (Å²) in [5.41, 5.74) is 1.95. The number of hydrogen-bond donors (Lipinski definition) is 1. The van der Waals surface area contributed by atoms with Gasteiger partial charge in [-0.1, -0.05) is 23.7 Å². The summed E-state index contributed by atoms with van der Waals surface area (Å²) in [6.45, 7) is 0. The number of alkyl halides is 1. The van der Waals surface area contributed by atoms with Crippen molar-refractivity contribution in [3.8, 4) is 0 Å². The summed E-state index contributed by atoms with van der Waals surface area (Å²) in [7, 11) is 0. The molecule has 88 valence electrons. The molecule has 1 aromatic carbocycles. The Hall–Kier alpha value is -0.840. The molecular formula is C11H8BrCl2N3. The minimum absolute atomic E-state index is 0.375. The lowest BCUT2D eigenvalue weighted by atomic mass is 10.2. The molecular weight excluding hydrogens is 325 g/mol. The lowest BCUT2D eigenvalue weighted by molar-refractivity contribution is 1.15. The van der Waals surface area contributed by atoms with Crippen molar-refractivity contribution in [3.63, 3.8) is 0 Å². The fourth-order valence-corrected chi connectivity index (χ4v) is 1.71. The average molecular weight is 333 g/mol. The van der Waals surface area contributed by atoms with Crippen molar-refractivity contribution in [1.29, 1.82) is 0 Å². The number of halogens is 3. The van der Waals surface area contributed by atoms with Crippen molar-refractivity contribution in [3.05, 3.63) is 45.7 Å². The van der Waals surface area contributed by atoms with Gasteiger partial charge in [-0.3, -0.25) is 0 Å². The van der Waals surface area contributed by atoms with E-state index in [0.29, 0.717) is 21.5 Å². The molecule has 0 spiro atoms. The molecule has 0 aliphatic heterocycles. The normalized spacial score (nSPS) is 10.3. The van der Waals surface area contributed by atoms with Gasteiger partial charge in [0.1, 0.15) is 5.15 Å². The molecule has 0 aliphatic carbocycles. The molecule has 1 heterocycles. The van der Waals surface area contributed by atoms with Gasteiger partial charge in [-0.15, -0.1) is 11.6 Å². The smallest absolute Gasteiger partial charge is 0.228 e. The van der Waals surface area contributed by atoms with Gasteiger partial charge in [-0.2, -0.15) is 4.98 Å². The summed E-state index contributed by atoms with van der Waals surface area (Å²) >= 11 is 14.8. The molecule has 2 rings (SSSR count). The highest BCUT2D eigenvalue weighted by molar-refractivity contribution is 9.10. The summed E-state index contributed by atoms with van der Waals surface area (Å²) in [4.78, 5) is 8.18. The zero-order valence-corrected chi connectivity index (χ0v) is 11.7. The van der Waals surface area contributed by atoms with Gasteiger partial charge in [-0.25, -0.2) is 4.98 Å². The quantitative estimate of drug-likeness (QED) is 0.669. The number of aromatic nitrogens is 2. The largest absolute Gasteiger partial charge is 0.324 e. The Bertz CT molecular complexity index is 517. The van der Waals surface area contributed by atoms with E-state index in [1.807, 2.05) is 24.3 Å². The van der Waals surface area contributed by atoms with Crippen LogP contribution < -0.4 is 5.32 Å². The van der Waals surface area contributed by atoms with Crippen molar-refractivity contribution >= 4 is 50.8 Å². The molecule has 0 fully saturated rings. The summed E-state index contributed by atoms with van der Waals surface area (Å²) in [6, 6.07) is 7.71. The fraction of sp³-hybridized carbons (Fsp3) is 0.0909. The molecule has 17 heavy (non-hydrogen) atoms. The highest BCUT2D eigenvalue weighted by Crippen LogP contribution is 2.21. The van der Waals surface area contributed by atoms with Gasteiger partial charge in [0.05, 0.1) is 4.47 Å². The van der Waals surface area contributed by atoms with Crippen LogP contribution in [0.4, 0.5) is 11.6 Å². The molecule has 0 saturated carbocycles. The maximum absolute atomic E-state index is 5.87. The monoisotopic (exact) mass is 331 g/mol. The van der Waals surface area contributed by atoms with E-state index < -0.39 is 0 Å². The third kappa shape index (κ3) is 3.31. The van der Waals surface area contributed by atoms with Gasteiger partial charge in [0.25, 0.3) is 0 Å². The summed E-state index contributed by atoms with van der Waals surface area (Å²) in [6.07, 6.45) is 1.60. The second-order valence-corrected chi connectivity index (χ2v) is 4.77. The highest BCUT2D eigenvalue weighted by Gasteiger charge is 2.02. The van der Waals surface area contributed by atoms with Crippen LogP contribution in [-0.2, 0) is 5.88 Å². The van der Waals surface area contributed by atoms with E-state index >= 15 is 0 Å². The van der Waals surface area contributed by atoms with E-state index in [4.69, 9.17) is 23.2 Å². The first-order chi connectivity index (χ1) is 8.19. The van der Waals surface area contributed by atoms with Crippen LogP contribution in [0.15, 0.2) is 34.9 Å². The highest BCUT2D eigenvalue weighted by atomic mass is 79.9. The minimum Gasteiger partial charge on any atom is -0.324 e. The van der Waals surface area contributed by atoms with E-state index in [1.54, 1.807) is 6.20 Å². The Morgan fingerprint density at radius 3 is 2.53 bits per heavy atom. The maximum Gasteiger partial charge on any atom is 0.228 e. The number of hydrogen-bond acceptors (Lipinski definition) is 3. The van der Waals surface area contributed by atoms with Crippen molar-refractivity contribution in [2.45, 2.75) is 5.88 Å². The van der Waals surface area contributed by atoms with Crippen LogP contribution in [-0.4, -0.2) is 9.97 Å². The van der Waals surface area contributed by atoms with Gasteiger partial charge in [-0.05, 0) is 33.6 Å². The van der Waals surface area contributed by atoms with Crippen molar-refractivity contribution in [2.24, 2.45) is 0 Å². The Morgan fingerprint density at radius 2 is 1.94 bits per heavy atom. The first kappa shape index (κ1) is 12.6. The molecule has 0 radical (unpaired) electrons. The van der Waals surface area contributed by atoms with Crippen LogP contribution in [0.2, 0.25) is 5.15 Å². The van der Waals surface area contributed by atoms with E-state index in [2.05, 4.69) is 31.2 Å².